The van der Waals surface area contributed by atoms with Gasteiger partial charge in [0, 0.05) is 35.9 Å². The Morgan fingerprint density at radius 3 is 2.76 bits per heavy atom. The van der Waals surface area contributed by atoms with Gasteiger partial charge in [-0.05, 0) is 18.1 Å². The zero-order valence-electron chi connectivity index (χ0n) is 12.5. The SMILES string of the molecule is CC(C)c1nn(C)c(Nc2cccc3cnccc23)c1N. The first-order chi connectivity index (χ1) is 10.1. The number of hydrogen-bond acceptors (Lipinski definition) is 4. The second-order valence-electron chi connectivity index (χ2n) is 5.45. The molecule has 0 bridgehead atoms. The van der Waals surface area contributed by atoms with Crippen LogP contribution >= 0.6 is 0 Å². The van der Waals surface area contributed by atoms with Crippen LogP contribution < -0.4 is 11.1 Å². The summed E-state index contributed by atoms with van der Waals surface area (Å²) in [7, 11) is 1.90. The number of fused-ring (bicyclic) bond motifs is 1. The molecule has 0 saturated carbocycles. The van der Waals surface area contributed by atoms with E-state index in [4.69, 9.17) is 5.73 Å². The summed E-state index contributed by atoms with van der Waals surface area (Å²) < 4.78 is 1.80. The molecular weight excluding hydrogens is 262 g/mol. The van der Waals surface area contributed by atoms with Gasteiger partial charge in [0.2, 0.25) is 0 Å². The minimum absolute atomic E-state index is 0.295. The van der Waals surface area contributed by atoms with E-state index in [0.29, 0.717) is 11.6 Å². The molecule has 0 radical (unpaired) electrons. The van der Waals surface area contributed by atoms with Crippen LogP contribution in [0.2, 0.25) is 0 Å². The molecule has 108 valence electrons. The van der Waals surface area contributed by atoms with E-state index in [2.05, 4.69) is 29.2 Å². The normalized spacial score (nSPS) is 11.2. The number of rotatable bonds is 3. The lowest BCUT2D eigenvalue weighted by Crippen LogP contribution is -2.01. The molecule has 0 aliphatic heterocycles. The molecule has 0 aliphatic carbocycles. The number of pyridine rings is 1. The highest BCUT2D eigenvalue weighted by molar-refractivity contribution is 5.95. The molecule has 5 heteroatoms. The molecule has 0 spiro atoms. The largest absolute Gasteiger partial charge is 0.394 e. The molecule has 0 aliphatic rings. The molecule has 2 heterocycles. The average molecular weight is 281 g/mol. The molecule has 21 heavy (non-hydrogen) atoms. The van der Waals surface area contributed by atoms with E-state index >= 15 is 0 Å². The predicted octanol–water partition coefficient (Wildman–Crippen LogP) is 3.42. The highest BCUT2D eigenvalue weighted by Crippen LogP contribution is 2.32. The number of benzene rings is 1. The molecule has 0 amide bonds. The number of nitrogens with two attached hydrogens (primary N) is 1. The quantitative estimate of drug-likeness (QED) is 0.772. The van der Waals surface area contributed by atoms with E-state index in [1.165, 1.54) is 0 Å². The van der Waals surface area contributed by atoms with Gasteiger partial charge in [0.1, 0.15) is 0 Å². The number of hydrogen-bond donors (Lipinski definition) is 2. The van der Waals surface area contributed by atoms with E-state index in [1.54, 1.807) is 10.9 Å². The molecule has 3 aromatic rings. The maximum absolute atomic E-state index is 6.24. The third-order valence-corrected chi connectivity index (χ3v) is 3.59. The van der Waals surface area contributed by atoms with Gasteiger partial charge in [0.05, 0.1) is 11.4 Å². The summed E-state index contributed by atoms with van der Waals surface area (Å²) in [6.45, 7) is 4.18. The molecule has 0 atom stereocenters. The Hall–Kier alpha value is -2.56. The zero-order valence-corrected chi connectivity index (χ0v) is 12.5. The third-order valence-electron chi connectivity index (χ3n) is 3.59. The third kappa shape index (κ3) is 2.31. The molecule has 1 aromatic carbocycles. The van der Waals surface area contributed by atoms with Gasteiger partial charge in [0.15, 0.2) is 5.82 Å². The first-order valence-corrected chi connectivity index (χ1v) is 7.00. The molecule has 2 aromatic heterocycles. The maximum Gasteiger partial charge on any atom is 0.152 e. The van der Waals surface area contributed by atoms with Crippen LogP contribution in [0.25, 0.3) is 10.8 Å². The van der Waals surface area contributed by atoms with E-state index in [0.717, 1.165) is 28.0 Å². The second-order valence-corrected chi connectivity index (χ2v) is 5.45. The molecule has 3 rings (SSSR count). The minimum atomic E-state index is 0.295. The molecule has 3 N–H and O–H groups in total. The van der Waals surface area contributed by atoms with Crippen molar-refractivity contribution in [2.45, 2.75) is 19.8 Å². The van der Waals surface area contributed by atoms with Gasteiger partial charge in [-0.1, -0.05) is 26.0 Å². The van der Waals surface area contributed by atoms with E-state index in [-0.39, 0.29) is 0 Å². The van der Waals surface area contributed by atoms with Crippen molar-refractivity contribution in [2.24, 2.45) is 7.05 Å². The smallest absolute Gasteiger partial charge is 0.152 e. The fraction of sp³-hybridized carbons (Fsp3) is 0.250. The van der Waals surface area contributed by atoms with Gasteiger partial charge in [-0.3, -0.25) is 9.67 Å². The Morgan fingerprint density at radius 2 is 2.05 bits per heavy atom. The van der Waals surface area contributed by atoms with Gasteiger partial charge in [0.25, 0.3) is 0 Å². The van der Waals surface area contributed by atoms with Crippen LogP contribution in [0.1, 0.15) is 25.5 Å². The Balaban J connectivity index is 2.07. The summed E-state index contributed by atoms with van der Waals surface area (Å²) in [5.74, 6) is 1.12. The monoisotopic (exact) mass is 281 g/mol. The summed E-state index contributed by atoms with van der Waals surface area (Å²) in [6.07, 6.45) is 3.65. The van der Waals surface area contributed by atoms with Crippen molar-refractivity contribution in [3.63, 3.8) is 0 Å². The van der Waals surface area contributed by atoms with Crippen molar-refractivity contribution in [2.75, 3.05) is 11.1 Å². The molecule has 0 fully saturated rings. The van der Waals surface area contributed by atoms with Gasteiger partial charge < -0.3 is 11.1 Å². The fourth-order valence-corrected chi connectivity index (χ4v) is 2.49. The van der Waals surface area contributed by atoms with Gasteiger partial charge in [-0.2, -0.15) is 5.10 Å². The number of anilines is 3. The van der Waals surface area contributed by atoms with Crippen LogP contribution in [-0.4, -0.2) is 14.8 Å². The van der Waals surface area contributed by atoms with Crippen LogP contribution in [-0.2, 0) is 7.05 Å². The summed E-state index contributed by atoms with van der Waals surface area (Å²) in [6, 6.07) is 8.07. The second kappa shape index (κ2) is 5.09. The first-order valence-electron chi connectivity index (χ1n) is 7.00. The van der Waals surface area contributed by atoms with Crippen LogP contribution in [0.3, 0.4) is 0 Å². The summed E-state index contributed by atoms with van der Waals surface area (Å²) in [5, 5.41) is 10.1. The highest BCUT2D eigenvalue weighted by Gasteiger charge is 2.16. The lowest BCUT2D eigenvalue weighted by atomic mass is 10.1. The van der Waals surface area contributed by atoms with E-state index < -0.39 is 0 Å². The van der Waals surface area contributed by atoms with Gasteiger partial charge in [-0.25, -0.2) is 0 Å². The average Bonchev–Trinajstić information content (AvgIpc) is 2.76. The van der Waals surface area contributed by atoms with Crippen molar-refractivity contribution in [1.82, 2.24) is 14.8 Å². The highest BCUT2D eigenvalue weighted by atomic mass is 15.3. The van der Waals surface area contributed by atoms with Crippen LogP contribution in [0, 0.1) is 0 Å². The Morgan fingerprint density at radius 1 is 1.24 bits per heavy atom. The number of nitrogens with zero attached hydrogens (tertiary/aromatic N) is 3. The summed E-state index contributed by atoms with van der Waals surface area (Å²) >= 11 is 0. The Labute approximate surface area is 123 Å². The maximum atomic E-state index is 6.24. The number of aromatic nitrogens is 3. The summed E-state index contributed by atoms with van der Waals surface area (Å²) in [5.41, 5.74) is 8.86. The van der Waals surface area contributed by atoms with Crippen molar-refractivity contribution in [3.05, 3.63) is 42.4 Å². The fourth-order valence-electron chi connectivity index (χ4n) is 2.49. The van der Waals surface area contributed by atoms with Gasteiger partial charge in [-0.15, -0.1) is 0 Å². The molecule has 0 saturated heterocycles. The standard InChI is InChI=1S/C16H19N5/c1-10(2)15-14(17)16(21(3)20-15)19-13-6-4-5-11-9-18-8-7-12(11)13/h4-10,19H,17H2,1-3H3. The lowest BCUT2D eigenvalue weighted by Gasteiger charge is -2.10. The Bertz CT molecular complexity index is 783. The van der Waals surface area contributed by atoms with Crippen molar-refractivity contribution in [1.29, 1.82) is 0 Å². The molecule has 5 nitrogen and oxygen atoms in total. The minimum Gasteiger partial charge on any atom is -0.394 e. The zero-order chi connectivity index (χ0) is 15.0. The van der Waals surface area contributed by atoms with Crippen molar-refractivity contribution >= 4 is 28.0 Å². The van der Waals surface area contributed by atoms with Crippen molar-refractivity contribution in [3.8, 4) is 0 Å². The van der Waals surface area contributed by atoms with Crippen LogP contribution in [0.5, 0.6) is 0 Å². The van der Waals surface area contributed by atoms with E-state index in [9.17, 15) is 0 Å². The number of nitrogen functional groups attached to an aromatic ring is 1. The summed E-state index contributed by atoms with van der Waals surface area (Å²) in [4.78, 5) is 4.15. The molecule has 0 unspecified atom stereocenters. The van der Waals surface area contributed by atoms with Crippen LogP contribution in [0.15, 0.2) is 36.7 Å². The van der Waals surface area contributed by atoms with E-state index in [1.807, 2.05) is 37.5 Å². The Kier molecular flexibility index (Phi) is 3.25. The first kappa shape index (κ1) is 13.4. The number of aryl methyl sites for hydroxylation is 1. The lowest BCUT2D eigenvalue weighted by molar-refractivity contribution is 0.718. The van der Waals surface area contributed by atoms with Crippen molar-refractivity contribution < 1.29 is 0 Å². The van der Waals surface area contributed by atoms with Crippen LogP contribution in [0.4, 0.5) is 17.2 Å². The topological polar surface area (TPSA) is 68.8 Å². The molecular formula is C16H19N5. The van der Waals surface area contributed by atoms with Gasteiger partial charge >= 0.3 is 0 Å². The predicted molar refractivity (Wildman–Crippen MR) is 86.7 cm³/mol. The number of nitrogens with one attached hydrogen (secondary N) is 1.